The van der Waals surface area contributed by atoms with Crippen LogP contribution in [0.25, 0.3) is 0 Å². The molecule has 4 rings (SSSR count). The summed E-state index contributed by atoms with van der Waals surface area (Å²) in [5, 5.41) is 0.881. The van der Waals surface area contributed by atoms with Crippen LogP contribution in [0.2, 0.25) is 0 Å². The average molecular weight is 605 g/mol. The third-order valence-electron chi connectivity index (χ3n) is 6.49. The molecule has 38 heavy (non-hydrogen) atoms. The first kappa shape index (κ1) is 27.6. The normalized spacial score (nSPS) is 20.6. The molecule has 204 valence electrons. The van der Waals surface area contributed by atoms with Crippen molar-refractivity contribution in [1.29, 1.82) is 0 Å². The molecule has 0 aromatic heterocycles. The molecule has 0 N–H and O–H groups in total. The van der Waals surface area contributed by atoms with Gasteiger partial charge in [-0.3, -0.25) is 0 Å². The van der Waals surface area contributed by atoms with Crippen LogP contribution in [0.3, 0.4) is 0 Å². The van der Waals surface area contributed by atoms with Crippen LogP contribution in [0.5, 0.6) is 11.5 Å². The highest BCUT2D eigenvalue weighted by Crippen LogP contribution is 2.43. The van der Waals surface area contributed by atoms with Gasteiger partial charge in [0.15, 0.2) is 8.38 Å². The predicted molar refractivity (Wildman–Crippen MR) is 155 cm³/mol. The highest BCUT2D eigenvalue weighted by molar-refractivity contribution is 9.09. The fraction of sp³-hybridized carbons (Fsp3) is 0.400. The highest BCUT2D eigenvalue weighted by Gasteiger charge is 2.40. The largest absolute Gasteiger partial charge is 0.497 e. The van der Waals surface area contributed by atoms with Crippen molar-refractivity contribution in [1.82, 2.24) is 0 Å². The maximum Gasteiger partial charge on any atom is 0.167 e. The molecule has 3 aromatic rings. The van der Waals surface area contributed by atoms with Crippen molar-refractivity contribution >= 4 is 24.3 Å². The first-order valence-corrected chi connectivity index (χ1v) is 15.4. The third kappa shape index (κ3) is 6.95. The number of benzene rings is 3. The zero-order valence-corrected chi connectivity index (χ0v) is 24.5. The van der Waals surface area contributed by atoms with E-state index in [-0.39, 0.29) is 12.7 Å². The number of hydrogen-bond donors (Lipinski definition) is 0. The van der Waals surface area contributed by atoms with Gasteiger partial charge in [0.25, 0.3) is 0 Å². The molecule has 0 amide bonds. The number of halogens is 1. The maximum absolute atomic E-state index is 8.30. The Labute approximate surface area is 237 Å². The molecule has 6 nitrogen and oxygen atoms in total. The van der Waals surface area contributed by atoms with Gasteiger partial charge in [0, 0.05) is 25.0 Å². The van der Waals surface area contributed by atoms with E-state index >= 15 is 0 Å². The third-order valence-corrected chi connectivity index (χ3v) is 8.16. The van der Waals surface area contributed by atoms with Crippen LogP contribution in [0, 0.1) is 0 Å². The van der Waals surface area contributed by atoms with E-state index in [0.29, 0.717) is 13.0 Å². The Hall–Kier alpha value is -1.99. The van der Waals surface area contributed by atoms with E-state index in [1.807, 2.05) is 73.4 Å². The number of alkyl halides is 1. The molecule has 0 saturated carbocycles. The summed E-state index contributed by atoms with van der Waals surface area (Å²) in [6.07, 6.45) is 0.657. The lowest BCUT2D eigenvalue weighted by molar-refractivity contribution is -0.0658. The molecule has 1 saturated heterocycles. The minimum atomic E-state index is -1.10. The van der Waals surface area contributed by atoms with Gasteiger partial charge in [-0.15, -0.1) is 0 Å². The quantitative estimate of drug-likeness (QED) is 0.0860. The van der Waals surface area contributed by atoms with Gasteiger partial charge in [-0.25, -0.2) is 0 Å². The molecule has 0 radical (unpaired) electrons. The smallest absolute Gasteiger partial charge is 0.167 e. The fourth-order valence-electron chi connectivity index (χ4n) is 4.52. The van der Waals surface area contributed by atoms with Gasteiger partial charge in [-0.05, 0) is 47.4 Å². The standard InChI is InChI=1S/C30H36BrO6P/c1-32-26-14-10-24(11-15-26)30(23-8-5-4-6-9-23,25-12-16-27(33-2)17-13-25)35-22-29-28(18-21-34-29)37-38(3)36-20-7-19-31/h4-6,8-17,28-29H,7,18-22H2,1-3H3/t28?,29-,38?/m1/s1/i21T/t21-,28?,29+,38?/m0. The molecule has 4 atom stereocenters. The number of methoxy groups -OCH3 is 2. The second-order valence-electron chi connectivity index (χ2n) is 8.85. The van der Waals surface area contributed by atoms with Crippen molar-refractivity contribution in [2.24, 2.45) is 0 Å². The summed E-state index contributed by atoms with van der Waals surface area (Å²) >= 11 is 3.43. The van der Waals surface area contributed by atoms with Crippen LogP contribution in [0.15, 0.2) is 78.9 Å². The summed E-state index contributed by atoms with van der Waals surface area (Å²) in [5.74, 6) is 1.52. The van der Waals surface area contributed by atoms with Gasteiger partial charge in [-0.2, -0.15) is 0 Å². The Kier molecular flexibility index (Phi) is 10.5. The molecule has 0 aliphatic carbocycles. The molecule has 1 aliphatic heterocycles. The molecule has 8 heteroatoms. The van der Waals surface area contributed by atoms with Gasteiger partial charge >= 0.3 is 0 Å². The SMILES string of the molecule is [3H][C@H]1CC(OP(C)OCCCBr)[C@@H](COC(c2ccccc2)(c2ccc(OC)cc2)c2ccc(OC)cc2)O1. The fourth-order valence-corrected chi connectivity index (χ4v) is 5.80. The van der Waals surface area contributed by atoms with Crippen molar-refractivity contribution < 1.29 is 29.4 Å². The molecule has 1 fully saturated rings. The Morgan fingerprint density at radius 1 is 0.921 bits per heavy atom. The van der Waals surface area contributed by atoms with Crippen molar-refractivity contribution in [2.75, 3.05) is 46.0 Å². The van der Waals surface area contributed by atoms with E-state index in [1.54, 1.807) is 14.2 Å². The van der Waals surface area contributed by atoms with Crippen molar-refractivity contribution in [3.8, 4) is 11.5 Å². The monoisotopic (exact) mass is 604 g/mol. The Morgan fingerprint density at radius 3 is 2.05 bits per heavy atom. The zero-order chi connectivity index (χ0) is 27.7. The van der Waals surface area contributed by atoms with Crippen LogP contribution in [-0.2, 0) is 24.1 Å². The summed E-state index contributed by atoms with van der Waals surface area (Å²) in [6.45, 7) is 2.11. The Balaban J connectivity index is 1.69. The second-order valence-corrected chi connectivity index (χ2v) is 11.0. The molecule has 0 bridgehead atoms. The molecule has 3 aromatic carbocycles. The number of hydrogen-bond acceptors (Lipinski definition) is 6. The van der Waals surface area contributed by atoms with Gasteiger partial charge in [-0.1, -0.05) is 70.5 Å². The summed E-state index contributed by atoms with van der Waals surface area (Å²) in [5.41, 5.74) is 1.88. The summed E-state index contributed by atoms with van der Waals surface area (Å²) < 4.78 is 44.2. The molecule has 0 spiro atoms. The Morgan fingerprint density at radius 2 is 1.50 bits per heavy atom. The lowest BCUT2D eigenvalue weighted by atomic mass is 9.80. The van der Waals surface area contributed by atoms with Crippen LogP contribution in [0.4, 0.5) is 0 Å². The molecular weight excluding hydrogens is 567 g/mol. The summed E-state index contributed by atoms with van der Waals surface area (Å²) in [6, 6.07) is 26.0. The van der Waals surface area contributed by atoms with Crippen molar-refractivity contribution in [2.45, 2.75) is 30.7 Å². The Bertz CT molecular complexity index is 1090. The van der Waals surface area contributed by atoms with E-state index in [2.05, 4.69) is 28.1 Å². The van der Waals surface area contributed by atoms with Gasteiger partial charge in [0.05, 0.1) is 34.9 Å². The van der Waals surface area contributed by atoms with Gasteiger partial charge < -0.3 is 28.0 Å². The summed E-state index contributed by atoms with van der Waals surface area (Å²) in [4.78, 5) is 0. The average Bonchev–Trinajstić information content (AvgIpc) is 3.33. The minimum absolute atomic E-state index is 0.220. The van der Waals surface area contributed by atoms with E-state index < -0.39 is 26.7 Å². The lowest BCUT2D eigenvalue weighted by Gasteiger charge is -2.37. The zero-order valence-electron chi connectivity index (χ0n) is 23.0. The van der Waals surface area contributed by atoms with Gasteiger partial charge in [0.2, 0.25) is 0 Å². The molecule has 2 unspecified atom stereocenters. The second kappa shape index (κ2) is 14.4. The van der Waals surface area contributed by atoms with E-state index in [0.717, 1.165) is 39.9 Å². The molecule has 1 aliphatic rings. The van der Waals surface area contributed by atoms with E-state index in [4.69, 9.17) is 29.4 Å². The highest BCUT2D eigenvalue weighted by atomic mass is 79.9. The minimum Gasteiger partial charge on any atom is -0.497 e. The van der Waals surface area contributed by atoms with Crippen LogP contribution >= 0.6 is 24.3 Å². The van der Waals surface area contributed by atoms with E-state index in [1.165, 1.54) is 0 Å². The first-order valence-electron chi connectivity index (χ1n) is 13.2. The van der Waals surface area contributed by atoms with Gasteiger partial charge in [0.1, 0.15) is 23.2 Å². The lowest BCUT2D eigenvalue weighted by Crippen LogP contribution is -2.38. The summed E-state index contributed by atoms with van der Waals surface area (Å²) in [7, 11) is 2.21. The van der Waals surface area contributed by atoms with E-state index in [9.17, 15) is 0 Å². The maximum atomic E-state index is 8.30. The predicted octanol–water partition coefficient (Wildman–Crippen LogP) is 6.93. The molecule has 1 heterocycles. The van der Waals surface area contributed by atoms with Crippen molar-refractivity contribution in [3.05, 3.63) is 95.6 Å². The van der Waals surface area contributed by atoms with Crippen molar-refractivity contribution in [3.63, 3.8) is 0 Å². The number of ether oxygens (including phenoxy) is 4. The van der Waals surface area contributed by atoms with Crippen LogP contribution in [-0.4, -0.2) is 58.2 Å². The van der Waals surface area contributed by atoms with Crippen LogP contribution in [0.1, 0.15) is 30.9 Å². The van der Waals surface area contributed by atoms with Crippen LogP contribution < -0.4 is 9.47 Å². The topological polar surface area (TPSA) is 55.4 Å². The number of rotatable bonds is 14. The first-order chi connectivity index (χ1) is 19.0. The molecular formula is C30H36BrO6P.